The lowest BCUT2D eigenvalue weighted by Crippen LogP contribution is -2.46. The van der Waals surface area contributed by atoms with Crippen molar-refractivity contribution in [3.8, 4) is 5.75 Å². The number of nitrogens with one attached hydrogen (secondary N) is 1. The summed E-state index contributed by atoms with van der Waals surface area (Å²) in [5.41, 5.74) is -1.80. The number of hydrogen-bond donors (Lipinski definition) is 3. The molecule has 0 saturated carbocycles. The lowest BCUT2D eigenvalue weighted by atomic mass is 9.86. The number of likely N-dealkylation sites (tertiary alicyclic amines) is 1. The quantitative estimate of drug-likeness (QED) is 0.237. The number of halogens is 5. The Labute approximate surface area is 291 Å². The fourth-order valence-corrected chi connectivity index (χ4v) is 6.45. The van der Waals surface area contributed by atoms with Crippen molar-refractivity contribution in [1.29, 1.82) is 0 Å². The second kappa shape index (κ2) is 14.0. The molecule has 0 radical (unpaired) electrons. The number of aromatic nitrogens is 6. The van der Waals surface area contributed by atoms with Crippen molar-refractivity contribution >= 4 is 40.5 Å². The molecule has 270 valence electrons. The number of anilines is 1. The number of nitrogens with zero attached hydrogens (tertiary/aromatic N) is 7. The standard InChI is InChI=1S/C32H31ClF4N8O6/c1-15-27(48)25(39-14-38-15)30(50)43-8-5-19(21(34)12-43)24-26(16(2)46)44(13-23(47)40-22-4-3-18(11-20(22)33)32(35,36)37)31-41-28(42-45(31)29(24)49)17-6-9-51-10-7-17/h3-4,6,11,14,16,19,21,46,48H,5,7-10,12-13H2,1-2H3,(H,40,47)/t16-,19?,21-/m1/s1. The van der Waals surface area contributed by atoms with Gasteiger partial charge in [-0.2, -0.15) is 22.7 Å². The molecule has 19 heteroatoms. The van der Waals surface area contributed by atoms with Gasteiger partial charge in [0.25, 0.3) is 11.5 Å². The number of fused-ring (bicyclic) bond motifs is 1. The number of aliphatic hydroxyl groups excluding tert-OH is 1. The van der Waals surface area contributed by atoms with E-state index < -0.39 is 66.1 Å². The topological polar surface area (TPSA) is 177 Å². The summed E-state index contributed by atoms with van der Waals surface area (Å²) >= 11 is 6.07. The predicted molar refractivity (Wildman–Crippen MR) is 173 cm³/mol. The minimum Gasteiger partial charge on any atom is -0.504 e. The molecule has 3 atom stereocenters. The van der Waals surface area contributed by atoms with Crippen molar-refractivity contribution in [2.24, 2.45) is 0 Å². The van der Waals surface area contributed by atoms with Crippen molar-refractivity contribution in [1.82, 2.24) is 34.0 Å². The molecule has 0 spiro atoms. The first-order valence-corrected chi connectivity index (χ1v) is 16.1. The molecule has 5 heterocycles. The van der Waals surface area contributed by atoms with E-state index in [9.17, 15) is 37.8 Å². The number of carbonyl (C=O) groups is 2. The normalized spacial score (nSPS) is 18.8. The number of aromatic hydroxyl groups is 1. The zero-order valence-corrected chi connectivity index (χ0v) is 27.9. The van der Waals surface area contributed by atoms with E-state index in [2.05, 4.69) is 25.4 Å². The van der Waals surface area contributed by atoms with Crippen LogP contribution in [0.25, 0.3) is 11.4 Å². The number of amides is 2. The third kappa shape index (κ3) is 7.02. The molecule has 0 aliphatic carbocycles. The lowest BCUT2D eigenvalue weighted by Gasteiger charge is -2.35. The molecule has 1 fully saturated rings. The first kappa shape index (κ1) is 35.9. The van der Waals surface area contributed by atoms with E-state index in [1.54, 1.807) is 6.08 Å². The van der Waals surface area contributed by atoms with Gasteiger partial charge in [-0.3, -0.25) is 14.4 Å². The predicted octanol–water partition coefficient (Wildman–Crippen LogP) is 3.83. The highest BCUT2D eigenvalue weighted by Gasteiger charge is 2.39. The molecule has 3 N–H and O–H groups in total. The Bertz CT molecular complexity index is 2120. The minimum absolute atomic E-state index is 0.0640. The first-order valence-electron chi connectivity index (χ1n) is 15.7. The largest absolute Gasteiger partial charge is 0.504 e. The van der Waals surface area contributed by atoms with Gasteiger partial charge in [0.1, 0.15) is 19.0 Å². The fourth-order valence-electron chi connectivity index (χ4n) is 6.23. The Balaban J connectivity index is 1.40. The fraction of sp³-hybridized carbons (Fsp3) is 0.406. The van der Waals surface area contributed by atoms with E-state index in [0.29, 0.717) is 24.7 Å². The molecule has 2 aliphatic heterocycles. The summed E-state index contributed by atoms with van der Waals surface area (Å²) in [6.45, 7) is 2.22. The summed E-state index contributed by atoms with van der Waals surface area (Å²) < 4.78 is 63.3. The molecule has 1 unspecified atom stereocenters. The van der Waals surface area contributed by atoms with Crippen molar-refractivity contribution in [2.75, 3.05) is 31.6 Å². The lowest BCUT2D eigenvalue weighted by molar-refractivity contribution is -0.137. The highest BCUT2D eigenvalue weighted by atomic mass is 35.5. The van der Waals surface area contributed by atoms with E-state index >= 15 is 4.39 Å². The van der Waals surface area contributed by atoms with Crippen LogP contribution in [0.2, 0.25) is 5.02 Å². The maximum atomic E-state index is 16.2. The number of piperidine rings is 1. The zero-order chi connectivity index (χ0) is 36.8. The Morgan fingerprint density at radius 3 is 2.65 bits per heavy atom. The Morgan fingerprint density at radius 1 is 1.24 bits per heavy atom. The van der Waals surface area contributed by atoms with Crippen LogP contribution in [0.15, 0.2) is 35.4 Å². The second-order valence-electron chi connectivity index (χ2n) is 12.1. The number of ether oxygens (including phenoxy) is 1. The molecule has 14 nitrogen and oxygen atoms in total. The maximum absolute atomic E-state index is 16.2. The van der Waals surface area contributed by atoms with Crippen LogP contribution in [-0.4, -0.2) is 88.5 Å². The molecule has 3 aromatic heterocycles. The summed E-state index contributed by atoms with van der Waals surface area (Å²) in [5, 5.41) is 27.9. The number of carbonyl (C=O) groups excluding carboxylic acids is 2. The third-order valence-corrected chi connectivity index (χ3v) is 9.06. The summed E-state index contributed by atoms with van der Waals surface area (Å²) in [7, 11) is 0. The molecule has 6 rings (SSSR count). The number of benzene rings is 1. The molecule has 2 amide bonds. The minimum atomic E-state index is -4.67. The zero-order valence-electron chi connectivity index (χ0n) is 27.1. The van der Waals surface area contributed by atoms with Gasteiger partial charge < -0.3 is 29.7 Å². The van der Waals surface area contributed by atoms with Crippen LogP contribution >= 0.6 is 11.6 Å². The van der Waals surface area contributed by atoms with Crippen molar-refractivity contribution in [3.63, 3.8) is 0 Å². The SMILES string of the molecule is Cc1ncnc(C(=O)N2CCC(c3c([C@@H](C)O)n(CC(=O)Nc4ccc(C(F)(F)F)cc4Cl)c4nc(C5=CCOCC5)nn4c3=O)[C@H](F)C2)c1O. The Kier molecular flexibility index (Phi) is 9.84. The highest BCUT2D eigenvalue weighted by molar-refractivity contribution is 6.33. The second-order valence-corrected chi connectivity index (χ2v) is 12.5. The van der Waals surface area contributed by atoms with Gasteiger partial charge in [0.05, 0.1) is 53.5 Å². The van der Waals surface area contributed by atoms with E-state index in [1.807, 2.05) is 0 Å². The van der Waals surface area contributed by atoms with Gasteiger partial charge in [-0.1, -0.05) is 17.7 Å². The van der Waals surface area contributed by atoms with E-state index in [0.717, 1.165) is 27.9 Å². The molecular formula is C32H31ClF4N8O6. The number of hydrogen-bond acceptors (Lipinski definition) is 10. The number of rotatable bonds is 7. The van der Waals surface area contributed by atoms with E-state index in [4.69, 9.17) is 16.3 Å². The number of aryl methyl sites for hydroxylation is 1. The summed E-state index contributed by atoms with van der Waals surface area (Å²) in [6.07, 6.45) is -4.86. The average molecular weight is 735 g/mol. The first-order chi connectivity index (χ1) is 24.1. The average Bonchev–Trinajstić information content (AvgIpc) is 3.54. The smallest absolute Gasteiger partial charge is 0.416 e. The highest BCUT2D eigenvalue weighted by Crippen LogP contribution is 2.36. The van der Waals surface area contributed by atoms with Crippen LogP contribution in [0.5, 0.6) is 5.75 Å². The van der Waals surface area contributed by atoms with Gasteiger partial charge in [0, 0.05) is 18.0 Å². The van der Waals surface area contributed by atoms with Gasteiger partial charge in [-0.25, -0.2) is 14.4 Å². The Morgan fingerprint density at radius 2 is 2.00 bits per heavy atom. The van der Waals surface area contributed by atoms with E-state index in [-0.39, 0.29) is 64.5 Å². The molecular weight excluding hydrogens is 704 g/mol. The van der Waals surface area contributed by atoms with Gasteiger partial charge in [-0.15, -0.1) is 5.10 Å². The molecule has 2 aliphatic rings. The molecule has 51 heavy (non-hydrogen) atoms. The van der Waals surface area contributed by atoms with Crippen LogP contribution in [0.3, 0.4) is 0 Å². The van der Waals surface area contributed by atoms with Gasteiger partial charge in [0.2, 0.25) is 11.7 Å². The van der Waals surface area contributed by atoms with E-state index in [1.165, 1.54) is 18.4 Å². The monoisotopic (exact) mass is 734 g/mol. The van der Waals surface area contributed by atoms with Crippen LogP contribution < -0.4 is 10.9 Å². The van der Waals surface area contributed by atoms with Crippen LogP contribution in [0.1, 0.15) is 70.6 Å². The maximum Gasteiger partial charge on any atom is 0.416 e. The summed E-state index contributed by atoms with van der Waals surface area (Å²) in [4.78, 5) is 54.2. The van der Waals surface area contributed by atoms with Crippen molar-refractivity contribution in [2.45, 2.75) is 57.6 Å². The van der Waals surface area contributed by atoms with Gasteiger partial charge in [0.15, 0.2) is 17.3 Å². The van der Waals surface area contributed by atoms with Crippen LogP contribution in [0.4, 0.5) is 23.2 Å². The molecule has 1 aromatic carbocycles. The van der Waals surface area contributed by atoms with Crippen LogP contribution in [-0.2, 0) is 22.3 Å². The molecule has 0 bridgehead atoms. The molecule has 1 saturated heterocycles. The summed E-state index contributed by atoms with van der Waals surface area (Å²) in [6, 6.07) is 2.39. The molecule has 4 aromatic rings. The Hall–Kier alpha value is -4.94. The van der Waals surface area contributed by atoms with Crippen molar-refractivity contribution in [3.05, 3.63) is 80.0 Å². The van der Waals surface area contributed by atoms with Crippen LogP contribution in [0, 0.1) is 6.92 Å². The number of alkyl halides is 4. The number of aliphatic hydroxyl groups is 1. The van der Waals surface area contributed by atoms with Gasteiger partial charge in [-0.05, 0) is 50.5 Å². The van der Waals surface area contributed by atoms with Gasteiger partial charge >= 0.3 is 6.18 Å². The third-order valence-electron chi connectivity index (χ3n) is 8.75. The van der Waals surface area contributed by atoms with Crippen molar-refractivity contribution < 1.29 is 42.1 Å². The summed E-state index contributed by atoms with van der Waals surface area (Å²) in [5.74, 6) is -3.21.